The highest BCUT2D eigenvalue weighted by atomic mass is 16.5. The van der Waals surface area contributed by atoms with Gasteiger partial charge in [0.2, 0.25) is 0 Å². The Morgan fingerprint density at radius 3 is 2.73 bits per heavy atom. The molecule has 0 unspecified atom stereocenters. The first kappa shape index (κ1) is 6.39. The number of hydrogen-bond acceptors (Lipinski definition) is 3. The smallest absolute Gasteiger partial charge is 0.333 e. The number of allylic oxidation sites excluding steroid dienone is 1. The highest BCUT2D eigenvalue weighted by Crippen LogP contribution is 2.02. The molecule has 0 aromatic rings. The molecule has 0 aromatic carbocycles. The predicted molar refractivity (Wildman–Crippen MR) is 38.0 cm³/mol. The first-order valence-corrected chi connectivity index (χ1v) is 2.82. The van der Waals surface area contributed by atoms with E-state index in [-0.39, 0.29) is 5.57 Å². The number of hydrogen-bond donors (Lipinski definition) is 1. The summed E-state index contributed by atoms with van der Waals surface area (Å²) in [5.41, 5.74) is -0.176. The van der Waals surface area contributed by atoms with Crippen LogP contribution in [0.15, 0.2) is 11.6 Å². The SMILES string of the molecule is [2H][13CH]([2H])[13CH]=[13C]([13CH2][13C](=O)O)C(=O)OC. The molecular weight excluding hydrogens is 153 g/mol. The second kappa shape index (κ2) is 4.49. The van der Waals surface area contributed by atoms with E-state index in [2.05, 4.69) is 4.74 Å². The van der Waals surface area contributed by atoms with Crippen LogP contribution in [-0.2, 0) is 14.3 Å². The van der Waals surface area contributed by atoms with E-state index in [4.69, 9.17) is 7.85 Å². The van der Waals surface area contributed by atoms with E-state index in [0.29, 0.717) is 0 Å². The molecule has 1 N–H and O–H groups in total. The zero-order chi connectivity index (χ0) is 10.4. The lowest BCUT2D eigenvalue weighted by Gasteiger charge is -1.99. The maximum absolute atomic E-state index is 10.9. The quantitative estimate of drug-likeness (QED) is 0.377. The van der Waals surface area contributed by atoms with Crippen LogP contribution in [0.5, 0.6) is 0 Å². The Bertz CT molecular complexity index is 235. The van der Waals surface area contributed by atoms with Crippen LogP contribution < -0.4 is 0 Å². The largest absolute Gasteiger partial charge is 0.481 e. The van der Waals surface area contributed by atoms with Crippen molar-refractivity contribution < 1.29 is 22.2 Å². The summed E-state index contributed by atoms with van der Waals surface area (Å²) in [7, 11) is 1.11. The summed E-state index contributed by atoms with van der Waals surface area (Å²) in [6.45, 7) is -1.37. The lowest BCUT2D eigenvalue weighted by molar-refractivity contribution is -0.141. The van der Waals surface area contributed by atoms with Gasteiger partial charge in [-0.15, -0.1) is 0 Å². The first-order chi connectivity index (χ1) is 5.97. The number of carboxylic acid groups (broad SMARTS) is 1. The number of carbonyl (C=O) groups excluding carboxylic acids is 1. The van der Waals surface area contributed by atoms with Crippen LogP contribution in [-0.4, -0.2) is 24.2 Å². The molecule has 0 bridgehead atoms. The molecule has 0 aliphatic carbocycles. The molecule has 0 aliphatic rings. The molecule has 11 heavy (non-hydrogen) atoms. The van der Waals surface area contributed by atoms with E-state index in [1.807, 2.05) is 0 Å². The minimum Gasteiger partial charge on any atom is -0.481 e. The van der Waals surface area contributed by atoms with Crippen molar-refractivity contribution in [1.82, 2.24) is 0 Å². The summed E-state index contributed by atoms with van der Waals surface area (Å²) < 4.78 is 17.9. The number of aliphatic carboxylic acids is 1. The zero-order valence-electron chi connectivity index (χ0n) is 8.03. The standard InChI is InChI=1S/C7H10O4/c1-3-5(4-6(8)9)7(10)11-2/h3H,4H2,1-2H3,(H,8,9)/i1+1D2,3+1,4+1,5+1,6+1. The molecule has 0 saturated heterocycles. The molecule has 4 nitrogen and oxygen atoms in total. The van der Waals surface area contributed by atoms with Crippen LogP contribution in [0.3, 0.4) is 0 Å². The fourth-order valence-corrected chi connectivity index (χ4v) is 0.493. The van der Waals surface area contributed by atoms with Crippen LogP contribution in [0, 0.1) is 0 Å². The van der Waals surface area contributed by atoms with Crippen LogP contribution in [0.4, 0.5) is 0 Å². The first-order valence-electron chi connectivity index (χ1n) is 3.98. The molecule has 0 atom stereocenters. The van der Waals surface area contributed by atoms with Gasteiger partial charge < -0.3 is 9.84 Å². The van der Waals surface area contributed by atoms with Crippen molar-refractivity contribution in [3.05, 3.63) is 11.6 Å². The van der Waals surface area contributed by atoms with Gasteiger partial charge in [0.15, 0.2) is 0 Å². The van der Waals surface area contributed by atoms with Crippen molar-refractivity contribution in [2.75, 3.05) is 7.11 Å². The Morgan fingerprint density at radius 2 is 2.36 bits per heavy atom. The van der Waals surface area contributed by atoms with Gasteiger partial charge in [-0.25, -0.2) is 4.79 Å². The Kier molecular flexibility index (Phi) is 2.61. The maximum Gasteiger partial charge on any atom is 0.333 e. The molecule has 0 radical (unpaired) electrons. The van der Waals surface area contributed by atoms with Gasteiger partial charge in [0.1, 0.15) is 0 Å². The van der Waals surface area contributed by atoms with Gasteiger partial charge in [-0.05, 0) is 6.88 Å². The highest BCUT2D eigenvalue weighted by Gasteiger charge is 2.11. The molecular formula is C7H10O4. The van der Waals surface area contributed by atoms with Crippen molar-refractivity contribution in [2.24, 2.45) is 0 Å². The lowest BCUT2D eigenvalue weighted by Crippen LogP contribution is -2.08. The summed E-state index contributed by atoms with van der Waals surface area (Å²) in [5.74, 6) is -2.01. The molecule has 0 aromatic heterocycles. The van der Waals surface area contributed by atoms with Crippen LogP contribution in [0.25, 0.3) is 0 Å². The number of methoxy groups -OCH3 is 1. The minimum atomic E-state index is -1.37. The van der Waals surface area contributed by atoms with E-state index in [0.717, 1.165) is 13.2 Å². The number of rotatable bonds is 3. The van der Waals surface area contributed by atoms with Crippen molar-refractivity contribution in [2.45, 2.75) is 13.3 Å². The molecule has 0 heterocycles. The van der Waals surface area contributed by atoms with Gasteiger partial charge in [0, 0.05) is 8.31 Å². The van der Waals surface area contributed by atoms with Crippen molar-refractivity contribution >= 4 is 11.9 Å². The van der Waals surface area contributed by atoms with Crippen molar-refractivity contribution in [3.8, 4) is 0 Å². The number of ether oxygens (including phenoxy) is 1. The van der Waals surface area contributed by atoms with Crippen LogP contribution in [0.2, 0.25) is 0 Å². The maximum atomic E-state index is 10.9. The predicted octanol–water partition coefficient (Wildman–Crippen LogP) is 0.580. The molecule has 0 saturated carbocycles. The second-order valence-corrected chi connectivity index (χ2v) is 1.75. The minimum absolute atomic E-state index is 0.176. The van der Waals surface area contributed by atoms with Gasteiger partial charge in [-0.3, -0.25) is 4.79 Å². The van der Waals surface area contributed by atoms with E-state index in [1.54, 1.807) is 0 Å². The summed E-state index contributed by atoms with van der Waals surface area (Å²) in [4.78, 5) is 21.1. The normalized spacial score (nSPS) is 13.8. The third-order valence-corrected chi connectivity index (χ3v) is 0.990. The summed E-state index contributed by atoms with van der Waals surface area (Å²) in [6, 6.07) is 0. The molecule has 4 heteroatoms. The summed E-state index contributed by atoms with van der Waals surface area (Å²) in [5, 5.41) is 8.37. The second-order valence-electron chi connectivity index (χ2n) is 1.75. The average Bonchev–Trinajstić information content (AvgIpc) is 2.00. The van der Waals surface area contributed by atoms with Crippen LogP contribution in [0.1, 0.15) is 16.0 Å². The zero-order valence-corrected chi connectivity index (χ0v) is 6.03. The molecule has 0 aliphatic heterocycles. The van der Waals surface area contributed by atoms with Gasteiger partial charge in [-0.1, -0.05) is 6.08 Å². The molecule has 0 spiro atoms. The van der Waals surface area contributed by atoms with Crippen LogP contribution >= 0.6 is 0 Å². The molecule has 0 fully saturated rings. The Hall–Kier alpha value is -1.32. The number of carboxylic acids is 1. The fourth-order valence-electron chi connectivity index (χ4n) is 0.493. The van der Waals surface area contributed by atoms with E-state index in [9.17, 15) is 9.59 Å². The van der Waals surface area contributed by atoms with Gasteiger partial charge in [0.05, 0.1) is 13.5 Å². The molecule has 0 amide bonds. The Labute approximate surface area is 67.3 Å². The van der Waals surface area contributed by atoms with Gasteiger partial charge in [-0.2, -0.15) is 0 Å². The molecule has 0 rings (SSSR count). The monoisotopic (exact) mass is 165 g/mol. The van der Waals surface area contributed by atoms with E-state index >= 15 is 0 Å². The van der Waals surface area contributed by atoms with E-state index in [1.165, 1.54) is 0 Å². The lowest BCUT2D eigenvalue weighted by atomic mass is 10.9. The Morgan fingerprint density at radius 1 is 1.73 bits per heavy atom. The number of esters is 1. The Balaban J connectivity index is 4.55. The molecule has 62 valence electrons. The summed E-state index contributed by atoms with van der Waals surface area (Å²) in [6.07, 6.45) is 0.404. The van der Waals surface area contributed by atoms with Crippen molar-refractivity contribution in [3.63, 3.8) is 0 Å². The highest BCUT2D eigenvalue weighted by molar-refractivity contribution is 5.93. The topological polar surface area (TPSA) is 63.6 Å². The van der Waals surface area contributed by atoms with Crippen molar-refractivity contribution in [1.29, 1.82) is 0 Å². The third-order valence-electron chi connectivity index (χ3n) is 0.990. The van der Waals surface area contributed by atoms with Gasteiger partial charge >= 0.3 is 11.9 Å². The number of carbonyl (C=O) groups is 2. The summed E-state index contributed by atoms with van der Waals surface area (Å²) >= 11 is 0. The third kappa shape index (κ3) is 3.40. The average molecular weight is 165 g/mol. The van der Waals surface area contributed by atoms with E-state index < -0.39 is 25.2 Å². The fraction of sp³-hybridized carbons (Fsp3) is 0.429. The van der Waals surface area contributed by atoms with Gasteiger partial charge in [0.25, 0.3) is 0 Å².